The number of thiocarbonyl (C=S) groups is 1. The van der Waals surface area contributed by atoms with Crippen LogP contribution in [0.2, 0.25) is 0 Å². The Kier molecular flexibility index (Phi) is 2.84. The molecule has 0 saturated carbocycles. The largest absolute Gasteiger partial charge is 0.328 e. The van der Waals surface area contributed by atoms with Gasteiger partial charge in [-0.1, -0.05) is 12.1 Å². The molecule has 2 rings (SSSR count). The van der Waals surface area contributed by atoms with Crippen LogP contribution >= 0.6 is 12.2 Å². The van der Waals surface area contributed by atoms with Gasteiger partial charge in [0, 0.05) is 12.1 Å². The summed E-state index contributed by atoms with van der Waals surface area (Å²) in [6.45, 7) is 0. The van der Waals surface area contributed by atoms with Gasteiger partial charge in [0.2, 0.25) is 0 Å². The quantitative estimate of drug-likeness (QED) is 0.352. The summed E-state index contributed by atoms with van der Waals surface area (Å²) in [7, 11) is 0. The minimum atomic E-state index is -0.491. The number of non-ortho nitro benzene ring substituents is 1. The first kappa shape index (κ1) is 11.2. The van der Waals surface area contributed by atoms with Crippen LogP contribution in [-0.2, 0) is 4.79 Å². The van der Waals surface area contributed by atoms with Gasteiger partial charge in [-0.05, 0) is 23.9 Å². The fraction of sp³-hybridized carbons (Fsp3) is 0. The second-order valence-electron chi connectivity index (χ2n) is 3.32. The number of nitrogens with zero attached hydrogens (tertiary/aromatic N) is 1. The third-order valence-electron chi connectivity index (χ3n) is 2.11. The molecule has 0 unspecified atom stereocenters. The first-order valence-electron chi connectivity index (χ1n) is 4.65. The van der Waals surface area contributed by atoms with Gasteiger partial charge < -0.3 is 5.32 Å². The van der Waals surface area contributed by atoms with Crippen molar-refractivity contribution in [3.8, 4) is 0 Å². The molecule has 0 bridgehead atoms. The Morgan fingerprint density at radius 3 is 2.71 bits per heavy atom. The van der Waals surface area contributed by atoms with Gasteiger partial charge in [0.15, 0.2) is 5.11 Å². The number of nitrogens with one attached hydrogen (secondary N) is 2. The van der Waals surface area contributed by atoms with E-state index < -0.39 is 4.92 Å². The summed E-state index contributed by atoms with van der Waals surface area (Å²) >= 11 is 4.76. The second kappa shape index (κ2) is 4.30. The number of amides is 1. The van der Waals surface area contributed by atoms with Crippen LogP contribution in [0.1, 0.15) is 5.56 Å². The summed E-state index contributed by atoms with van der Waals surface area (Å²) in [6.07, 6.45) is 1.50. The van der Waals surface area contributed by atoms with Crippen molar-refractivity contribution in [1.29, 1.82) is 0 Å². The summed E-state index contributed by atoms with van der Waals surface area (Å²) in [5, 5.41) is 15.9. The van der Waals surface area contributed by atoms with Crippen LogP contribution in [0.15, 0.2) is 30.0 Å². The highest BCUT2D eigenvalue weighted by atomic mass is 32.1. The number of nitro benzene ring substituents is 1. The number of hydrogen-bond donors (Lipinski definition) is 2. The Morgan fingerprint density at radius 1 is 1.35 bits per heavy atom. The van der Waals surface area contributed by atoms with E-state index in [1.807, 2.05) is 0 Å². The first-order chi connectivity index (χ1) is 8.06. The predicted molar refractivity (Wildman–Crippen MR) is 64.9 cm³/mol. The highest BCUT2D eigenvalue weighted by Crippen LogP contribution is 2.15. The molecule has 0 radical (unpaired) electrons. The third kappa shape index (κ3) is 2.45. The lowest BCUT2D eigenvalue weighted by molar-refractivity contribution is -0.384. The van der Waals surface area contributed by atoms with Gasteiger partial charge in [-0.15, -0.1) is 0 Å². The minimum Gasteiger partial charge on any atom is -0.328 e. The van der Waals surface area contributed by atoms with E-state index in [-0.39, 0.29) is 22.4 Å². The number of carbonyl (C=O) groups is 1. The molecule has 0 spiro atoms. The van der Waals surface area contributed by atoms with Crippen LogP contribution < -0.4 is 10.6 Å². The van der Waals surface area contributed by atoms with Gasteiger partial charge in [0.25, 0.3) is 11.6 Å². The topological polar surface area (TPSA) is 84.3 Å². The molecule has 1 aliphatic heterocycles. The zero-order valence-corrected chi connectivity index (χ0v) is 9.28. The Hall–Kier alpha value is -2.28. The maximum atomic E-state index is 11.3. The third-order valence-corrected chi connectivity index (χ3v) is 2.32. The van der Waals surface area contributed by atoms with Crippen molar-refractivity contribution in [3.05, 3.63) is 45.6 Å². The van der Waals surface area contributed by atoms with Crippen molar-refractivity contribution >= 4 is 35.0 Å². The minimum absolute atomic E-state index is 0.0275. The average Bonchev–Trinajstić information content (AvgIpc) is 2.58. The number of carbonyl (C=O) groups excluding carboxylic acids is 1. The molecule has 1 heterocycles. The van der Waals surface area contributed by atoms with Crippen LogP contribution in [0, 0.1) is 10.1 Å². The molecule has 6 nitrogen and oxygen atoms in total. The molecule has 1 aromatic rings. The van der Waals surface area contributed by atoms with Crippen LogP contribution in [0.4, 0.5) is 5.69 Å². The summed E-state index contributed by atoms with van der Waals surface area (Å²) in [5.41, 5.74) is 0.803. The summed E-state index contributed by atoms with van der Waals surface area (Å²) in [5.74, 6) is -0.346. The van der Waals surface area contributed by atoms with E-state index in [1.165, 1.54) is 18.2 Å². The molecule has 86 valence electrons. The molecule has 2 N–H and O–H groups in total. The smallest absolute Gasteiger partial charge is 0.273 e. The van der Waals surface area contributed by atoms with E-state index >= 15 is 0 Å². The standard InChI is InChI=1S/C10H7N3O3S/c14-9-8(11-10(17)12-9)5-6-2-1-3-7(4-6)13(15)16/h1-5H,(H2,11,12,14,17). The SMILES string of the molecule is O=C1NC(=S)NC1=Cc1cccc([N+](=O)[O-])c1. The Labute approximate surface area is 101 Å². The van der Waals surface area contributed by atoms with Crippen molar-refractivity contribution in [1.82, 2.24) is 10.6 Å². The van der Waals surface area contributed by atoms with Crippen molar-refractivity contribution in [2.45, 2.75) is 0 Å². The van der Waals surface area contributed by atoms with Crippen molar-refractivity contribution < 1.29 is 9.72 Å². The normalized spacial score (nSPS) is 16.8. The van der Waals surface area contributed by atoms with Gasteiger partial charge in [-0.2, -0.15) is 0 Å². The van der Waals surface area contributed by atoms with E-state index in [0.717, 1.165) is 0 Å². The molecule has 1 aliphatic rings. The highest BCUT2D eigenvalue weighted by Gasteiger charge is 2.20. The second-order valence-corrected chi connectivity index (χ2v) is 3.73. The van der Waals surface area contributed by atoms with E-state index in [0.29, 0.717) is 5.56 Å². The predicted octanol–water partition coefficient (Wildman–Crippen LogP) is 0.940. The monoisotopic (exact) mass is 249 g/mol. The molecule has 1 aromatic carbocycles. The van der Waals surface area contributed by atoms with E-state index in [4.69, 9.17) is 12.2 Å². The number of benzene rings is 1. The maximum absolute atomic E-state index is 11.3. The van der Waals surface area contributed by atoms with E-state index in [1.54, 1.807) is 12.1 Å². The Bertz CT molecular complexity index is 553. The van der Waals surface area contributed by atoms with Crippen molar-refractivity contribution in [3.63, 3.8) is 0 Å². The molecule has 0 atom stereocenters. The molecule has 7 heteroatoms. The highest BCUT2D eigenvalue weighted by molar-refractivity contribution is 7.80. The van der Waals surface area contributed by atoms with Gasteiger partial charge in [-0.3, -0.25) is 20.2 Å². The van der Waals surface area contributed by atoms with Crippen molar-refractivity contribution in [2.24, 2.45) is 0 Å². The van der Waals surface area contributed by atoms with Crippen LogP contribution in [0.3, 0.4) is 0 Å². The lowest BCUT2D eigenvalue weighted by atomic mass is 10.1. The first-order valence-corrected chi connectivity index (χ1v) is 5.05. The van der Waals surface area contributed by atoms with E-state index in [9.17, 15) is 14.9 Å². The molecule has 1 fully saturated rings. The maximum Gasteiger partial charge on any atom is 0.273 e. The molecular formula is C10H7N3O3S. The van der Waals surface area contributed by atoms with Crippen molar-refractivity contribution in [2.75, 3.05) is 0 Å². The average molecular weight is 249 g/mol. The lowest BCUT2D eigenvalue weighted by Gasteiger charge is -1.96. The summed E-state index contributed by atoms with van der Waals surface area (Å²) < 4.78 is 0. The zero-order valence-electron chi connectivity index (χ0n) is 8.47. The molecule has 17 heavy (non-hydrogen) atoms. The van der Waals surface area contributed by atoms with Crippen LogP contribution in [0.25, 0.3) is 6.08 Å². The Morgan fingerprint density at radius 2 is 2.12 bits per heavy atom. The van der Waals surface area contributed by atoms with Gasteiger partial charge in [0.05, 0.1) is 4.92 Å². The fourth-order valence-corrected chi connectivity index (χ4v) is 1.58. The molecule has 1 amide bonds. The number of rotatable bonds is 2. The molecule has 1 saturated heterocycles. The van der Waals surface area contributed by atoms with Gasteiger partial charge >= 0.3 is 0 Å². The van der Waals surface area contributed by atoms with E-state index in [2.05, 4.69) is 10.6 Å². The zero-order chi connectivity index (χ0) is 12.4. The summed E-state index contributed by atoms with van der Waals surface area (Å²) in [6, 6.07) is 5.98. The Balaban J connectivity index is 2.33. The van der Waals surface area contributed by atoms with Crippen LogP contribution in [-0.4, -0.2) is 15.9 Å². The molecule has 0 aromatic heterocycles. The summed E-state index contributed by atoms with van der Waals surface area (Å²) in [4.78, 5) is 21.4. The van der Waals surface area contributed by atoms with Gasteiger partial charge in [-0.25, -0.2) is 0 Å². The number of hydrogen-bond acceptors (Lipinski definition) is 4. The molecular weight excluding hydrogens is 242 g/mol. The lowest BCUT2D eigenvalue weighted by Crippen LogP contribution is -2.21. The van der Waals surface area contributed by atoms with Gasteiger partial charge in [0.1, 0.15) is 5.70 Å². The molecule has 0 aliphatic carbocycles. The van der Waals surface area contributed by atoms with Crippen LogP contribution in [0.5, 0.6) is 0 Å². The fourth-order valence-electron chi connectivity index (χ4n) is 1.38. The number of nitro groups is 1.